The van der Waals surface area contributed by atoms with Gasteiger partial charge in [0.15, 0.2) is 5.96 Å². The topological polar surface area (TPSA) is 178 Å². The van der Waals surface area contributed by atoms with E-state index in [1.807, 2.05) is 30.3 Å². The lowest BCUT2D eigenvalue weighted by Crippen LogP contribution is -2.52. The summed E-state index contributed by atoms with van der Waals surface area (Å²) in [6.07, 6.45) is 0.278. The van der Waals surface area contributed by atoms with Gasteiger partial charge in [-0.15, -0.1) is 0 Å². The van der Waals surface area contributed by atoms with Crippen molar-refractivity contribution in [1.29, 1.82) is 0 Å². The number of sulfonamides is 1. The number of aliphatic imine (C=N–C) groups is 1. The molecule has 3 rings (SSSR count). The van der Waals surface area contributed by atoms with E-state index in [0.717, 1.165) is 5.56 Å². The van der Waals surface area contributed by atoms with Crippen LogP contribution in [0.15, 0.2) is 70.6 Å². The number of hydrogen-bond acceptors (Lipinski definition) is 6. The van der Waals surface area contributed by atoms with E-state index >= 15 is 0 Å². The lowest BCUT2D eigenvalue weighted by Gasteiger charge is -2.23. The van der Waals surface area contributed by atoms with Gasteiger partial charge in [-0.25, -0.2) is 8.42 Å². The van der Waals surface area contributed by atoms with Crippen LogP contribution in [0.25, 0.3) is 0 Å². The van der Waals surface area contributed by atoms with Gasteiger partial charge < -0.3 is 27.3 Å². The van der Waals surface area contributed by atoms with E-state index in [9.17, 15) is 13.2 Å². The molecule has 4 atom stereocenters. The molecule has 33 heavy (non-hydrogen) atoms. The van der Waals surface area contributed by atoms with Gasteiger partial charge in [0, 0.05) is 6.54 Å². The molecule has 1 amide bonds. The maximum absolute atomic E-state index is 13.2. The van der Waals surface area contributed by atoms with E-state index in [1.54, 1.807) is 18.2 Å². The van der Waals surface area contributed by atoms with Crippen LogP contribution in [-0.4, -0.2) is 51.2 Å². The van der Waals surface area contributed by atoms with Gasteiger partial charge >= 0.3 is 0 Å². The zero-order valence-corrected chi connectivity index (χ0v) is 18.9. The summed E-state index contributed by atoms with van der Waals surface area (Å²) in [4.78, 5) is 17.2. The number of hydrogen-bond donors (Lipinski definition) is 5. The Morgan fingerprint density at radius 3 is 2.24 bits per heavy atom. The van der Waals surface area contributed by atoms with Crippen molar-refractivity contribution in [2.75, 3.05) is 6.54 Å². The lowest BCUT2D eigenvalue weighted by molar-refractivity contribution is -0.123. The normalized spacial score (nSPS) is 19.3. The number of carbonyl (C=O) groups excluding carboxylic acids is 1. The van der Waals surface area contributed by atoms with Crippen molar-refractivity contribution in [2.24, 2.45) is 22.2 Å². The molecule has 0 aliphatic carbocycles. The Hall–Kier alpha value is -2.99. The van der Waals surface area contributed by atoms with Crippen molar-refractivity contribution in [3.63, 3.8) is 0 Å². The smallest absolute Gasteiger partial charge is 0.241 e. The van der Waals surface area contributed by atoms with Crippen molar-refractivity contribution in [3.05, 3.63) is 66.2 Å². The fourth-order valence-corrected chi connectivity index (χ4v) is 4.71. The highest BCUT2D eigenvalue weighted by Crippen LogP contribution is 2.23. The predicted octanol–water partition coefficient (Wildman–Crippen LogP) is -0.202. The quantitative estimate of drug-likeness (QED) is 0.122. The Labute approximate surface area is 193 Å². The highest BCUT2D eigenvalue weighted by Gasteiger charge is 2.43. The Kier molecular flexibility index (Phi) is 8.39. The molecule has 0 aromatic heterocycles. The maximum atomic E-state index is 13.2. The molecule has 0 radical (unpaired) electrons. The Morgan fingerprint density at radius 2 is 1.67 bits per heavy atom. The van der Waals surface area contributed by atoms with E-state index in [2.05, 4.69) is 15.0 Å². The van der Waals surface area contributed by atoms with E-state index in [-0.39, 0.29) is 29.9 Å². The Morgan fingerprint density at radius 1 is 1.06 bits per heavy atom. The molecule has 0 saturated carbocycles. The lowest BCUT2D eigenvalue weighted by atomic mass is 10.0. The highest BCUT2D eigenvalue weighted by molar-refractivity contribution is 7.89. The van der Waals surface area contributed by atoms with Crippen LogP contribution in [0, 0.1) is 0 Å². The van der Waals surface area contributed by atoms with Crippen LogP contribution in [0.4, 0.5) is 0 Å². The van der Waals surface area contributed by atoms with E-state index in [1.165, 1.54) is 12.1 Å². The minimum atomic E-state index is -3.92. The second kappa shape index (κ2) is 11.2. The molecule has 0 spiro atoms. The minimum Gasteiger partial charge on any atom is -0.370 e. The monoisotopic (exact) mass is 474 g/mol. The van der Waals surface area contributed by atoms with Crippen molar-refractivity contribution in [2.45, 2.75) is 48.6 Å². The molecule has 2 aromatic carbocycles. The summed E-state index contributed by atoms with van der Waals surface area (Å²) in [5.74, 6) is -0.536. The van der Waals surface area contributed by atoms with Gasteiger partial charge in [0.2, 0.25) is 15.9 Å². The second-order valence-corrected chi connectivity index (χ2v) is 9.52. The van der Waals surface area contributed by atoms with Gasteiger partial charge in [-0.1, -0.05) is 48.5 Å². The molecule has 1 aliphatic rings. The number of amides is 1. The van der Waals surface area contributed by atoms with Crippen molar-refractivity contribution in [1.82, 2.24) is 10.0 Å². The third-order valence-corrected chi connectivity index (χ3v) is 6.68. The SMILES string of the molecule is NC(N)=NCCC[C@H](NS(=O)(=O)c1ccccc1)C(=O)N[C@@H](Cc1ccccc1)C1OC1N. The molecule has 178 valence electrons. The van der Waals surface area contributed by atoms with Gasteiger partial charge in [0.25, 0.3) is 0 Å². The molecule has 1 heterocycles. The van der Waals surface area contributed by atoms with Gasteiger partial charge in [0.05, 0.1) is 10.9 Å². The highest BCUT2D eigenvalue weighted by atomic mass is 32.2. The summed E-state index contributed by atoms with van der Waals surface area (Å²) in [6.45, 7) is 0.267. The molecule has 1 saturated heterocycles. The van der Waals surface area contributed by atoms with Crippen LogP contribution in [0.3, 0.4) is 0 Å². The van der Waals surface area contributed by atoms with E-state index in [0.29, 0.717) is 12.8 Å². The molecule has 2 aromatic rings. The largest absolute Gasteiger partial charge is 0.370 e. The molecule has 10 nitrogen and oxygen atoms in total. The first-order valence-corrected chi connectivity index (χ1v) is 12.1. The fourth-order valence-electron chi connectivity index (χ4n) is 3.46. The van der Waals surface area contributed by atoms with Crippen LogP contribution in [0.5, 0.6) is 0 Å². The van der Waals surface area contributed by atoms with Gasteiger partial charge in [-0.3, -0.25) is 9.79 Å². The molecule has 0 bridgehead atoms. The van der Waals surface area contributed by atoms with Crippen LogP contribution in [-0.2, 0) is 26.0 Å². The summed E-state index contributed by atoms with van der Waals surface area (Å²) in [7, 11) is -3.92. The summed E-state index contributed by atoms with van der Waals surface area (Å²) >= 11 is 0. The second-order valence-electron chi connectivity index (χ2n) is 7.81. The molecule has 2 unspecified atom stereocenters. The van der Waals surface area contributed by atoms with E-state index < -0.39 is 34.2 Å². The number of nitrogens with zero attached hydrogens (tertiary/aromatic N) is 1. The molecule has 1 fully saturated rings. The summed E-state index contributed by atoms with van der Waals surface area (Å²) < 4.78 is 33.6. The van der Waals surface area contributed by atoms with Gasteiger partial charge in [0.1, 0.15) is 18.4 Å². The molecule has 1 aliphatic heterocycles. The summed E-state index contributed by atoms with van der Waals surface area (Å²) in [5, 5.41) is 2.93. The standard InChI is InChI=1S/C22H30N6O4S/c23-20-19(32-20)18(14-15-8-3-1-4-9-15)27-21(29)17(12-7-13-26-22(24)25)28-33(30,31)16-10-5-2-6-11-16/h1-6,8-11,17-20,28H,7,12-14,23H2,(H,27,29)(H4,24,25,26)/t17-,18-,19?,20?/m0/s1. The van der Waals surface area contributed by atoms with Gasteiger partial charge in [-0.05, 0) is 37.0 Å². The first kappa shape index (κ1) is 24.6. The average Bonchev–Trinajstić information content (AvgIpc) is 3.53. The zero-order chi connectivity index (χ0) is 23.8. The minimum absolute atomic E-state index is 0.0661. The maximum Gasteiger partial charge on any atom is 0.241 e. The number of epoxide rings is 1. The fraction of sp³-hybridized carbons (Fsp3) is 0.364. The molecular formula is C22H30N6O4S. The van der Waals surface area contributed by atoms with Gasteiger partial charge in [-0.2, -0.15) is 4.72 Å². The first-order valence-electron chi connectivity index (χ1n) is 10.6. The van der Waals surface area contributed by atoms with Crippen LogP contribution in [0.2, 0.25) is 0 Å². The Bertz CT molecular complexity index is 1050. The van der Waals surface area contributed by atoms with Crippen LogP contribution < -0.4 is 27.2 Å². The van der Waals surface area contributed by atoms with Crippen LogP contribution >= 0.6 is 0 Å². The Balaban J connectivity index is 1.74. The summed E-state index contributed by atoms with van der Waals surface area (Å²) in [5.41, 5.74) is 17.6. The number of ether oxygens (including phenoxy) is 1. The van der Waals surface area contributed by atoms with E-state index in [4.69, 9.17) is 21.9 Å². The number of guanidine groups is 1. The number of nitrogens with one attached hydrogen (secondary N) is 2. The third kappa shape index (κ3) is 7.53. The van der Waals surface area contributed by atoms with Crippen molar-refractivity contribution < 1.29 is 17.9 Å². The molecule has 8 N–H and O–H groups in total. The first-order chi connectivity index (χ1) is 15.8. The molecular weight excluding hydrogens is 444 g/mol. The van der Waals surface area contributed by atoms with Crippen LogP contribution in [0.1, 0.15) is 18.4 Å². The summed E-state index contributed by atoms with van der Waals surface area (Å²) in [6, 6.07) is 16.0. The van der Waals surface area contributed by atoms with Crippen molar-refractivity contribution >= 4 is 21.9 Å². The number of carbonyl (C=O) groups is 1. The van der Waals surface area contributed by atoms with Crippen molar-refractivity contribution in [3.8, 4) is 0 Å². The predicted molar refractivity (Wildman–Crippen MR) is 125 cm³/mol. The zero-order valence-electron chi connectivity index (χ0n) is 18.1. The molecule has 11 heteroatoms. The number of rotatable bonds is 12. The third-order valence-electron chi connectivity index (χ3n) is 5.20. The average molecular weight is 475 g/mol. The number of benzene rings is 2. The number of nitrogens with two attached hydrogens (primary N) is 3.